The second-order valence-electron chi connectivity index (χ2n) is 2.85. The van der Waals surface area contributed by atoms with Gasteiger partial charge in [0.15, 0.2) is 0 Å². The summed E-state index contributed by atoms with van der Waals surface area (Å²) in [4.78, 5) is 21.3. The number of amides is 2. The number of carbonyl (C=O) groups is 2. The normalized spacial score (nSPS) is 14.2. The molecule has 0 unspecified atom stereocenters. The zero-order valence-corrected chi connectivity index (χ0v) is 7.28. The van der Waals surface area contributed by atoms with Crippen molar-refractivity contribution in [2.75, 3.05) is 14.1 Å². The standard InChI is InChI=1S/C6H11NO.CH3NO2/c1-7(2)6(8)5-3-4-5;2-1(3)4/h5H,3-4H2,1-2H3;2H2,(H,3,4). The number of primary amides is 1. The first kappa shape index (κ1) is 10.7. The molecule has 0 atom stereocenters. The molecular formula is C7H14N2O3. The molecule has 0 radical (unpaired) electrons. The van der Waals surface area contributed by atoms with Crippen LogP contribution in [0.1, 0.15) is 12.8 Å². The van der Waals surface area contributed by atoms with E-state index >= 15 is 0 Å². The minimum Gasteiger partial charge on any atom is -0.465 e. The van der Waals surface area contributed by atoms with Gasteiger partial charge >= 0.3 is 6.09 Å². The van der Waals surface area contributed by atoms with E-state index in [1.807, 2.05) is 0 Å². The van der Waals surface area contributed by atoms with Crippen LogP contribution in [-0.4, -0.2) is 36.1 Å². The summed E-state index contributed by atoms with van der Waals surface area (Å²) in [6.07, 6.45) is 0.883. The summed E-state index contributed by atoms with van der Waals surface area (Å²) in [7, 11) is 3.61. The second kappa shape index (κ2) is 4.58. The molecular weight excluding hydrogens is 160 g/mol. The van der Waals surface area contributed by atoms with E-state index in [-0.39, 0.29) is 0 Å². The summed E-state index contributed by atoms with van der Waals surface area (Å²) in [6.45, 7) is 0. The van der Waals surface area contributed by atoms with E-state index in [1.165, 1.54) is 0 Å². The molecule has 0 heterocycles. The second-order valence-corrected chi connectivity index (χ2v) is 2.85. The minimum absolute atomic E-state index is 0.296. The largest absolute Gasteiger partial charge is 0.465 e. The molecule has 70 valence electrons. The summed E-state index contributed by atoms with van der Waals surface area (Å²) in [5.74, 6) is 0.676. The van der Waals surface area contributed by atoms with Crippen LogP contribution < -0.4 is 5.73 Å². The molecule has 5 nitrogen and oxygen atoms in total. The van der Waals surface area contributed by atoms with Gasteiger partial charge in [-0.3, -0.25) is 4.79 Å². The zero-order chi connectivity index (χ0) is 9.72. The molecule has 12 heavy (non-hydrogen) atoms. The quantitative estimate of drug-likeness (QED) is 0.591. The van der Waals surface area contributed by atoms with Crippen molar-refractivity contribution in [2.45, 2.75) is 12.8 Å². The van der Waals surface area contributed by atoms with Crippen molar-refractivity contribution >= 4 is 12.0 Å². The lowest BCUT2D eigenvalue weighted by Crippen LogP contribution is -2.22. The van der Waals surface area contributed by atoms with Crippen LogP contribution in [0.4, 0.5) is 4.79 Å². The highest BCUT2D eigenvalue weighted by Gasteiger charge is 2.30. The van der Waals surface area contributed by atoms with Gasteiger partial charge in [-0.25, -0.2) is 4.79 Å². The van der Waals surface area contributed by atoms with Crippen LogP contribution >= 0.6 is 0 Å². The summed E-state index contributed by atoms with van der Waals surface area (Å²) in [5, 5.41) is 7.19. The lowest BCUT2D eigenvalue weighted by molar-refractivity contribution is -0.129. The van der Waals surface area contributed by atoms with Gasteiger partial charge in [-0.15, -0.1) is 0 Å². The Labute approximate surface area is 71.1 Å². The Bertz CT molecular complexity index is 167. The Morgan fingerprint density at radius 2 is 1.75 bits per heavy atom. The van der Waals surface area contributed by atoms with Crippen molar-refractivity contribution in [2.24, 2.45) is 11.7 Å². The van der Waals surface area contributed by atoms with Gasteiger partial charge in [0.05, 0.1) is 0 Å². The maximum absolute atomic E-state index is 10.8. The third kappa shape index (κ3) is 5.52. The molecule has 2 amide bonds. The topological polar surface area (TPSA) is 83.6 Å². The molecule has 0 bridgehead atoms. The number of nitrogens with two attached hydrogens (primary N) is 1. The van der Waals surface area contributed by atoms with Gasteiger partial charge in [-0.05, 0) is 12.8 Å². The van der Waals surface area contributed by atoms with Crippen LogP contribution in [-0.2, 0) is 4.79 Å². The Morgan fingerprint density at radius 3 is 1.83 bits per heavy atom. The molecule has 3 N–H and O–H groups in total. The first-order valence-electron chi connectivity index (χ1n) is 3.64. The highest BCUT2D eigenvalue weighted by molar-refractivity contribution is 5.80. The van der Waals surface area contributed by atoms with Gasteiger partial charge in [0, 0.05) is 20.0 Å². The molecule has 1 aliphatic carbocycles. The predicted octanol–water partition coefficient (Wildman–Crippen LogP) is 0.108. The van der Waals surface area contributed by atoms with E-state index in [2.05, 4.69) is 5.73 Å². The molecule has 0 spiro atoms. The van der Waals surface area contributed by atoms with Crippen LogP contribution in [0.5, 0.6) is 0 Å². The van der Waals surface area contributed by atoms with Crippen LogP contribution in [0.25, 0.3) is 0 Å². The molecule has 1 saturated carbocycles. The van der Waals surface area contributed by atoms with Crippen molar-refractivity contribution in [3.63, 3.8) is 0 Å². The van der Waals surface area contributed by atoms with Crippen molar-refractivity contribution in [3.05, 3.63) is 0 Å². The van der Waals surface area contributed by atoms with E-state index < -0.39 is 6.09 Å². The SMILES string of the molecule is CN(C)C(=O)C1CC1.NC(=O)O. The third-order valence-corrected chi connectivity index (χ3v) is 1.37. The van der Waals surface area contributed by atoms with Crippen molar-refractivity contribution < 1.29 is 14.7 Å². The molecule has 0 saturated heterocycles. The zero-order valence-electron chi connectivity index (χ0n) is 7.28. The number of hydrogen-bond donors (Lipinski definition) is 2. The van der Waals surface area contributed by atoms with Crippen molar-refractivity contribution in [3.8, 4) is 0 Å². The van der Waals surface area contributed by atoms with Gasteiger partial charge in [0.25, 0.3) is 0 Å². The smallest absolute Gasteiger partial charge is 0.402 e. The average molecular weight is 174 g/mol. The minimum atomic E-state index is -1.33. The fraction of sp³-hybridized carbons (Fsp3) is 0.714. The van der Waals surface area contributed by atoms with Gasteiger partial charge in [-0.1, -0.05) is 0 Å². The number of carboxylic acid groups (broad SMARTS) is 1. The van der Waals surface area contributed by atoms with Gasteiger partial charge in [-0.2, -0.15) is 0 Å². The summed E-state index contributed by atoms with van der Waals surface area (Å²) in [5.41, 5.74) is 4.03. The molecule has 5 heteroatoms. The maximum atomic E-state index is 10.8. The summed E-state index contributed by atoms with van der Waals surface area (Å²) >= 11 is 0. The number of rotatable bonds is 1. The number of carbonyl (C=O) groups excluding carboxylic acids is 1. The van der Waals surface area contributed by atoms with E-state index in [4.69, 9.17) is 9.90 Å². The molecule has 1 fully saturated rings. The predicted molar refractivity (Wildman–Crippen MR) is 43.6 cm³/mol. The third-order valence-electron chi connectivity index (χ3n) is 1.37. The van der Waals surface area contributed by atoms with Crippen LogP contribution in [0.2, 0.25) is 0 Å². The molecule has 1 aliphatic rings. The van der Waals surface area contributed by atoms with Crippen molar-refractivity contribution in [1.82, 2.24) is 4.90 Å². The summed E-state index contributed by atoms with van der Waals surface area (Å²) in [6, 6.07) is 0. The van der Waals surface area contributed by atoms with Gasteiger partial charge < -0.3 is 15.7 Å². The average Bonchev–Trinajstić information content (AvgIpc) is 2.65. The van der Waals surface area contributed by atoms with E-state index in [0.29, 0.717) is 11.8 Å². The lowest BCUT2D eigenvalue weighted by atomic mass is 10.4. The Morgan fingerprint density at radius 1 is 1.42 bits per heavy atom. The Balaban J connectivity index is 0.000000261. The molecule has 0 aliphatic heterocycles. The fourth-order valence-corrected chi connectivity index (χ4v) is 0.695. The number of nitrogens with zero attached hydrogens (tertiary/aromatic N) is 1. The van der Waals surface area contributed by atoms with Crippen LogP contribution in [0.3, 0.4) is 0 Å². The van der Waals surface area contributed by atoms with E-state index in [9.17, 15) is 4.79 Å². The fourth-order valence-electron chi connectivity index (χ4n) is 0.695. The molecule has 0 aromatic heterocycles. The highest BCUT2D eigenvalue weighted by atomic mass is 16.4. The Kier molecular flexibility index (Phi) is 4.10. The van der Waals surface area contributed by atoms with Crippen LogP contribution in [0.15, 0.2) is 0 Å². The first-order chi connectivity index (χ1) is 5.45. The monoisotopic (exact) mass is 174 g/mol. The van der Waals surface area contributed by atoms with Crippen molar-refractivity contribution in [1.29, 1.82) is 0 Å². The van der Waals surface area contributed by atoms with E-state index in [0.717, 1.165) is 12.8 Å². The van der Waals surface area contributed by atoms with Crippen LogP contribution in [0, 0.1) is 5.92 Å². The van der Waals surface area contributed by atoms with Gasteiger partial charge in [0.1, 0.15) is 0 Å². The molecule has 1 rings (SSSR count). The lowest BCUT2D eigenvalue weighted by Gasteiger charge is -2.07. The molecule has 0 aromatic rings. The van der Waals surface area contributed by atoms with E-state index in [1.54, 1.807) is 19.0 Å². The summed E-state index contributed by atoms with van der Waals surface area (Å²) < 4.78 is 0. The number of hydrogen-bond acceptors (Lipinski definition) is 2. The maximum Gasteiger partial charge on any atom is 0.402 e. The molecule has 0 aromatic carbocycles. The van der Waals surface area contributed by atoms with Gasteiger partial charge in [0.2, 0.25) is 5.91 Å². The highest BCUT2D eigenvalue weighted by Crippen LogP contribution is 2.29. The first-order valence-corrected chi connectivity index (χ1v) is 3.64. The Hall–Kier alpha value is -1.26.